The van der Waals surface area contributed by atoms with Gasteiger partial charge in [-0.3, -0.25) is 0 Å². The van der Waals surface area contributed by atoms with Gasteiger partial charge in [-0.25, -0.2) is 8.78 Å². The van der Waals surface area contributed by atoms with E-state index in [0.717, 1.165) is 25.2 Å². The molecule has 1 heterocycles. The van der Waals surface area contributed by atoms with E-state index in [1.165, 1.54) is 0 Å². The number of benzene rings is 1. The van der Waals surface area contributed by atoms with Crippen LogP contribution in [0.3, 0.4) is 0 Å². The summed E-state index contributed by atoms with van der Waals surface area (Å²) in [4.78, 5) is 3.95. The molecule has 1 aromatic carbocycles. The average Bonchev–Trinajstić information content (AvgIpc) is 2.25. The Balaban J connectivity index is 2.23. The number of phenolic OH excluding ortho intramolecular Hbond substituents is 1. The fourth-order valence-electron chi connectivity index (χ4n) is 1.82. The van der Waals surface area contributed by atoms with Crippen LogP contribution in [0.5, 0.6) is 5.75 Å². The molecule has 0 radical (unpaired) electrons. The molecule has 1 fully saturated rings. The lowest BCUT2D eigenvalue weighted by Crippen LogP contribution is -2.44. The van der Waals surface area contributed by atoms with Crippen molar-refractivity contribution in [2.24, 2.45) is 0 Å². The van der Waals surface area contributed by atoms with E-state index in [0.29, 0.717) is 13.1 Å². The predicted octanol–water partition coefficient (Wildman–Crippen LogP) is 1.42. The first-order chi connectivity index (χ1) is 7.58. The molecule has 5 heteroatoms. The second-order valence-corrected chi connectivity index (χ2v) is 4.05. The Labute approximate surface area is 92.9 Å². The smallest absolute Gasteiger partial charge is 0.167 e. The Kier molecular flexibility index (Phi) is 2.96. The van der Waals surface area contributed by atoms with E-state index in [-0.39, 0.29) is 5.69 Å². The van der Waals surface area contributed by atoms with Gasteiger partial charge in [-0.1, -0.05) is 0 Å². The summed E-state index contributed by atoms with van der Waals surface area (Å²) in [6, 6.07) is 1.87. The fourth-order valence-corrected chi connectivity index (χ4v) is 1.82. The lowest BCUT2D eigenvalue weighted by molar-refractivity contribution is 0.311. The number of phenols is 1. The van der Waals surface area contributed by atoms with Gasteiger partial charge < -0.3 is 14.9 Å². The summed E-state index contributed by atoms with van der Waals surface area (Å²) in [6.45, 7) is 3.02. The highest BCUT2D eigenvalue weighted by Crippen LogP contribution is 2.27. The number of piperazine rings is 1. The van der Waals surface area contributed by atoms with Crippen LogP contribution in [0.1, 0.15) is 0 Å². The molecule has 1 N–H and O–H groups in total. The second kappa shape index (κ2) is 4.25. The molecular formula is C11H14F2N2O. The van der Waals surface area contributed by atoms with E-state index in [1.807, 2.05) is 11.9 Å². The number of nitrogens with zero attached hydrogens (tertiary/aromatic N) is 2. The minimum atomic E-state index is -0.921. The predicted molar refractivity (Wildman–Crippen MR) is 57.7 cm³/mol. The topological polar surface area (TPSA) is 26.7 Å². The summed E-state index contributed by atoms with van der Waals surface area (Å²) in [5, 5.41) is 9.23. The first kappa shape index (κ1) is 11.1. The Hall–Kier alpha value is -1.36. The Morgan fingerprint density at radius 3 is 2.31 bits per heavy atom. The molecule has 0 atom stereocenters. The molecule has 0 spiro atoms. The number of hydrogen-bond donors (Lipinski definition) is 1. The molecule has 1 saturated heterocycles. The van der Waals surface area contributed by atoms with Gasteiger partial charge in [0, 0.05) is 38.3 Å². The molecule has 3 nitrogen and oxygen atoms in total. The van der Waals surface area contributed by atoms with Gasteiger partial charge in [0.15, 0.2) is 11.6 Å². The number of aromatic hydroxyl groups is 1. The van der Waals surface area contributed by atoms with Crippen molar-refractivity contribution in [2.45, 2.75) is 0 Å². The molecule has 0 aliphatic carbocycles. The SMILES string of the molecule is CN1CCN(c2cc(O)c(F)cc2F)CC1. The first-order valence-corrected chi connectivity index (χ1v) is 5.19. The fraction of sp³-hybridized carbons (Fsp3) is 0.455. The van der Waals surface area contributed by atoms with Gasteiger partial charge >= 0.3 is 0 Å². The number of hydrogen-bond acceptors (Lipinski definition) is 3. The number of halogens is 2. The Morgan fingerprint density at radius 2 is 1.69 bits per heavy atom. The minimum Gasteiger partial charge on any atom is -0.505 e. The van der Waals surface area contributed by atoms with Crippen LogP contribution in [0.25, 0.3) is 0 Å². The molecule has 0 bridgehead atoms. The summed E-state index contributed by atoms with van der Waals surface area (Å²) >= 11 is 0. The van der Waals surface area contributed by atoms with Gasteiger partial charge in [0.25, 0.3) is 0 Å². The van der Waals surface area contributed by atoms with Gasteiger partial charge in [-0.15, -0.1) is 0 Å². The third-order valence-electron chi connectivity index (χ3n) is 2.86. The van der Waals surface area contributed by atoms with Gasteiger partial charge in [0.05, 0.1) is 5.69 Å². The van der Waals surface area contributed by atoms with Crippen LogP contribution in [0.2, 0.25) is 0 Å². The summed E-state index contributed by atoms with van der Waals surface area (Å²) in [5.74, 6) is -2.05. The molecule has 0 unspecified atom stereocenters. The Morgan fingerprint density at radius 1 is 1.06 bits per heavy atom. The van der Waals surface area contributed by atoms with Crippen LogP contribution in [0.15, 0.2) is 12.1 Å². The van der Waals surface area contributed by atoms with Crippen molar-refractivity contribution in [3.05, 3.63) is 23.8 Å². The van der Waals surface area contributed by atoms with E-state index in [1.54, 1.807) is 0 Å². The van der Waals surface area contributed by atoms with Crippen molar-refractivity contribution in [1.29, 1.82) is 0 Å². The second-order valence-electron chi connectivity index (χ2n) is 4.05. The molecular weight excluding hydrogens is 214 g/mol. The first-order valence-electron chi connectivity index (χ1n) is 5.19. The van der Waals surface area contributed by atoms with Crippen molar-refractivity contribution >= 4 is 5.69 Å². The van der Waals surface area contributed by atoms with Crippen LogP contribution in [0.4, 0.5) is 14.5 Å². The standard InChI is InChI=1S/C11H14F2N2O/c1-14-2-4-15(5-3-14)10-7-11(16)9(13)6-8(10)12/h6-7,16H,2-5H2,1H3. The molecule has 0 aromatic heterocycles. The van der Waals surface area contributed by atoms with Gasteiger partial charge in [0.2, 0.25) is 0 Å². The molecule has 0 amide bonds. The summed E-state index contributed by atoms with van der Waals surface area (Å²) in [5.41, 5.74) is 0.270. The summed E-state index contributed by atoms with van der Waals surface area (Å²) in [6.07, 6.45) is 0. The van der Waals surface area contributed by atoms with Crippen molar-refractivity contribution in [2.75, 3.05) is 38.1 Å². The zero-order valence-electron chi connectivity index (χ0n) is 9.08. The highest BCUT2D eigenvalue weighted by Gasteiger charge is 2.19. The zero-order chi connectivity index (χ0) is 11.7. The normalized spacial score (nSPS) is 17.8. The van der Waals surface area contributed by atoms with Gasteiger partial charge in [0.1, 0.15) is 5.82 Å². The van der Waals surface area contributed by atoms with E-state index in [4.69, 9.17) is 0 Å². The third kappa shape index (κ3) is 2.09. The molecule has 0 saturated carbocycles. The molecule has 1 aromatic rings. The monoisotopic (exact) mass is 228 g/mol. The van der Waals surface area contributed by atoms with Crippen LogP contribution < -0.4 is 4.90 Å². The van der Waals surface area contributed by atoms with Crippen molar-refractivity contribution in [3.8, 4) is 5.75 Å². The maximum atomic E-state index is 13.5. The summed E-state index contributed by atoms with van der Waals surface area (Å²) in [7, 11) is 2.00. The van der Waals surface area contributed by atoms with Crippen LogP contribution in [-0.4, -0.2) is 43.2 Å². The van der Waals surface area contributed by atoms with Crippen LogP contribution >= 0.6 is 0 Å². The highest BCUT2D eigenvalue weighted by atomic mass is 19.1. The molecule has 1 aliphatic rings. The average molecular weight is 228 g/mol. The molecule has 1 aliphatic heterocycles. The number of rotatable bonds is 1. The quantitative estimate of drug-likeness (QED) is 0.787. The molecule has 2 rings (SSSR count). The lowest BCUT2D eigenvalue weighted by Gasteiger charge is -2.34. The van der Waals surface area contributed by atoms with Gasteiger partial charge in [-0.2, -0.15) is 0 Å². The maximum Gasteiger partial charge on any atom is 0.167 e. The Bertz CT molecular complexity index is 390. The van der Waals surface area contributed by atoms with Crippen molar-refractivity contribution in [3.63, 3.8) is 0 Å². The van der Waals surface area contributed by atoms with Crippen molar-refractivity contribution in [1.82, 2.24) is 4.90 Å². The number of anilines is 1. The lowest BCUT2D eigenvalue weighted by atomic mass is 10.2. The van der Waals surface area contributed by atoms with E-state index < -0.39 is 17.4 Å². The van der Waals surface area contributed by atoms with Gasteiger partial charge in [-0.05, 0) is 7.05 Å². The van der Waals surface area contributed by atoms with Crippen LogP contribution in [0, 0.1) is 11.6 Å². The van der Waals surface area contributed by atoms with E-state index in [2.05, 4.69) is 4.90 Å². The maximum absolute atomic E-state index is 13.5. The number of likely N-dealkylation sites (N-methyl/N-ethyl adjacent to an activating group) is 1. The zero-order valence-corrected chi connectivity index (χ0v) is 9.08. The van der Waals surface area contributed by atoms with Crippen LogP contribution in [-0.2, 0) is 0 Å². The van der Waals surface area contributed by atoms with E-state index in [9.17, 15) is 13.9 Å². The summed E-state index contributed by atoms with van der Waals surface area (Å²) < 4.78 is 26.4. The molecule has 88 valence electrons. The largest absolute Gasteiger partial charge is 0.505 e. The minimum absolute atomic E-state index is 0.270. The highest BCUT2D eigenvalue weighted by molar-refractivity contribution is 5.52. The van der Waals surface area contributed by atoms with Crippen molar-refractivity contribution < 1.29 is 13.9 Å². The van der Waals surface area contributed by atoms with E-state index >= 15 is 0 Å². The third-order valence-corrected chi connectivity index (χ3v) is 2.86. The molecule has 16 heavy (non-hydrogen) atoms.